The molecule has 2 rings (SSSR count). The van der Waals surface area contributed by atoms with Gasteiger partial charge in [0.2, 0.25) is 5.95 Å². The van der Waals surface area contributed by atoms with Crippen LogP contribution < -0.4 is 10.6 Å². The lowest BCUT2D eigenvalue weighted by Crippen LogP contribution is -2.28. The molecule has 2 heterocycles. The number of rotatable bonds is 3. The molecule has 17 heavy (non-hydrogen) atoms. The maximum atomic E-state index is 11.5. The van der Waals surface area contributed by atoms with Crippen LogP contribution in [0.3, 0.4) is 0 Å². The normalized spacial score (nSPS) is 9.65. The van der Waals surface area contributed by atoms with Crippen molar-refractivity contribution in [2.75, 3.05) is 5.32 Å². The van der Waals surface area contributed by atoms with Crippen molar-refractivity contribution in [2.45, 2.75) is 6.54 Å². The summed E-state index contributed by atoms with van der Waals surface area (Å²) in [5, 5.41) is 5.20. The summed E-state index contributed by atoms with van der Waals surface area (Å²) in [6, 6.07) is 5.03. The Morgan fingerprint density at radius 3 is 2.71 bits per heavy atom. The molecule has 0 radical (unpaired) electrons. The predicted molar refractivity (Wildman–Crippen MR) is 62.1 cm³/mol. The standard InChI is InChI=1S/C11H11N5O/c17-11(16-10-13-5-2-6-14-10)15-8-9-3-1-4-12-7-9/h1-7H,8H2,(H2,13,14,15,16,17). The van der Waals surface area contributed by atoms with E-state index in [1.807, 2.05) is 12.1 Å². The molecule has 0 aromatic carbocycles. The molecule has 2 aromatic rings. The number of aromatic nitrogens is 3. The molecule has 6 heteroatoms. The summed E-state index contributed by atoms with van der Waals surface area (Å²) in [6.45, 7) is 0.409. The third kappa shape index (κ3) is 3.53. The highest BCUT2D eigenvalue weighted by molar-refractivity contribution is 5.87. The zero-order valence-corrected chi connectivity index (χ0v) is 9.00. The van der Waals surface area contributed by atoms with E-state index in [-0.39, 0.29) is 12.0 Å². The highest BCUT2D eigenvalue weighted by atomic mass is 16.2. The van der Waals surface area contributed by atoms with Crippen molar-refractivity contribution in [1.29, 1.82) is 0 Å². The molecule has 2 N–H and O–H groups in total. The van der Waals surface area contributed by atoms with Crippen LogP contribution >= 0.6 is 0 Å². The minimum atomic E-state index is -0.347. The first-order chi connectivity index (χ1) is 8.34. The van der Waals surface area contributed by atoms with Gasteiger partial charge < -0.3 is 5.32 Å². The fraction of sp³-hybridized carbons (Fsp3) is 0.0909. The molecule has 0 saturated heterocycles. The van der Waals surface area contributed by atoms with Crippen molar-refractivity contribution in [3.05, 3.63) is 48.5 Å². The third-order valence-corrected chi connectivity index (χ3v) is 1.97. The summed E-state index contributed by atoms with van der Waals surface area (Å²) in [7, 11) is 0. The van der Waals surface area contributed by atoms with E-state index in [0.29, 0.717) is 6.54 Å². The first-order valence-corrected chi connectivity index (χ1v) is 5.05. The Bertz CT molecular complexity index is 474. The average Bonchev–Trinajstić information content (AvgIpc) is 2.39. The van der Waals surface area contributed by atoms with E-state index in [4.69, 9.17) is 0 Å². The minimum absolute atomic E-state index is 0.274. The summed E-state index contributed by atoms with van der Waals surface area (Å²) < 4.78 is 0. The van der Waals surface area contributed by atoms with Gasteiger partial charge in [-0.05, 0) is 17.7 Å². The summed E-state index contributed by atoms with van der Waals surface area (Å²) in [4.78, 5) is 23.2. The van der Waals surface area contributed by atoms with Gasteiger partial charge in [-0.25, -0.2) is 14.8 Å². The largest absolute Gasteiger partial charge is 0.334 e. The van der Waals surface area contributed by atoms with E-state index in [2.05, 4.69) is 25.6 Å². The fourth-order valence-corrected chi connectivity index (χ4v) is 1.19. The van der Waals surface area contributed by atoms with Crippen LogP contribution in [-0.4, -0.2) is 21.0 Å². The summed E-state index contributed by atoms with van der Waals surface area (Å²) >= 11 is 0. The van der Waals surface area contributed by atoms with Gasteiger partial charge in [-0.15, -0.1) is 0 Å². The second-order valence-electron chi connectivity index (χ2n) is 3.24. The maximum Gasteiger partial charge on any atom is 0.321 e. The SMILES string of the molecule is O=C(NCc1cccnc1)Nc1ncccn1. The summed E-state index contributed by atoms with van der Waals surface area (Å²) in [5.41, 5.74) is 0.927. The van der Waals surface area contributed by atoms with Gasteiger partial charge in [0.15, 0.2) is 0 Å². The number of nitrogens with zero attached hydrogens (tertiary/aromatic N) is 3. The van der Waals surface area contributed by atoms with E-state index in [0.717, 1.165) is 5.56 Å². The van der Waals surface area contributed by atoms with Crippen LogP contribution in [0.1, 0.15) is 5.56 Å². The molecule has 0 unspecified atom stereocenters. The first kappa shape index (κ1) is 11.0. The highest BCUT2D eigenvalue weighted by Crippen LogP contribution is 1.96. The average molecular weight is 229 g/mol. The Labute approximate surface area is 98.1 Å². The highest BCUT2D eigenvalue weighted by Gasteiger charge is 2.02. The van der Waals surface area contributed by atoms with Crippen LogP contribution in [0.15, 0.2) is 43.0 Å². The Morgan fingerprint density at radius 1 is 1.18 bits per heavy atom. The van der Waals surface area contributed by atoms with Gasteiger partial charge >= 0.3 is 6.03 Å². The molecule has 0 aliphatic heterocycles. The molecule has 0 atom stereocenters. The second kappa shape index (κ2) is 5.55. The van der Waals surface area contributed by atoms with Crippen LogP contribution in [0.4, 0.5) is 10.7 Å². The number of hydrogen-bond donors (Lipinski definition) is 2. The number of urea groups is 1. The molecule has 2 amide bonds. The van der Waals surface area contributed by atoms with Crippen molar-refractivity contribution < 1.29 is 4.79 Å². The first-order valence-electron chi connectivity index (χ1n) is 5.05. The zero-order valence-electron chi connectivity index (χ0n) is 9.00. The van der Waals surface area contributed by atoms with Gasteiger partial charge in [0.1, 0.15) is 0 Å². The molecule has 2 aromatic heterocycles. The van der Waals surface area contributed by atoms with Crippen molar-refractivity contribution in [2.24, 2.45) is 0 Å². The minimum Gasteiger partial charge on any atom is -0.334 e. The van der Waals surface area contributed by atoms with E-state index in [9.17, 15) is 4.79 Å². The van der Waals surface area contributed by atoms with Gasteiger partial charge in [0.05, 0.1) is 0 Å². The Kier molecular flexibility index (Phi) is 3.59. The number of carbonyl (C=O) groups is 1. The molecule has 0 fully saturated rings. The molecular weight excluding hydrogens is 218 g/mol. The van der Waals surface area contributed by atoms with E-state index in [1.54, 1.807) is 30.9 Å². The van der Waals surface area contributed by atoms with Crippen LogP contribution in [-0.2, 0) is 6.54 Å². The van der Waals surface area contributed by atoms with Crippen LogP contribution in [0.5, 0.6) is 0 Å². The fourth-order valence-electron chi connectivity index (χ4n) is 1.19. The summed E-state index contributed by atoms with van der Waals surface area (Å²) in [5.74, 6) is 0.274. The molecule has 0 spiro atoms. The monoisotopic (exact) mass is 229 g/mol. The molecule has 86 valence electrons. The zero-order chi connectivity index (χ0) is 11.9. The molecule has 0 bridgehead atoms. The molecule has 6 nitrogen and oxygen atoms in total. The molecule has 0 aliphatic rings. The van der Waals surface area contributed by atoms with Crippen LogP contribution in [0.2, 0.25) is 0 Å². The number of nitrogens with one attached hydrogen (secondary N) is 2. The molecule has 0 aliphatic carbocycles. The lowest BCUT2D eigenvalue weighted by Gasteiger charge is -2.05. The number of pyridine rings is 1. The summed E-state index contributed by atoms with van der Waals surface area (Å²) in [6.07, 6.45) is 6.49. The number of amides is 2. The Balaban J connectivity index is 1.83. The van der Waals surface area contributed by atoms with E-state index in [1.165, 1.54) is 0 Å². The number of anilines is 1. The lowest BCUT2D eigenvalue weighted by atomic mass is 10.3. The topological polar surface area (TPSA) is 79.8 Å². The van der Waals surface area contributed by atoms with Crippen LogP contribution in [0.25, 0.3) is 0 Å². The van der Waals surface area contributed by atoms with Crippen LogP contribution in [0, 0.1) is 0 Å². The molecular formula is C11H11N5O. The Hall–Kier alpha value is -2.50. The maximum absolute atomic E-state index is 11.5. The lowest BCUT2D eigenvalue weighted by molar-refractivity contribution is 0.251. The number of hydrogen-bond acceptors (Lipinski definition) is 4. The van der Waals surface area contributed by atoms with Crippen molar-refractivity contribution >= 4 is 12.0 Å². The van der Waals surface area contributed by atoms with Gasteiger partial charge in [0, 0.05) is 31.3 Å². The van der Waals surface area contributed by atoms with Crippen molar-refractivity contribution in [3.63, 3.8) is 0 Å². The smallest absolute Gasteiger partial charge is 0.321 e. The third-order valence-electron chi connectivity index (χ3n) is 1.97. The van der Waals surface area contributed by atoms with E-state index < -0.39 is 0 Å². The predicted octanol–water partition coefficient (Wildman–Crippen LogP) is 1.19. The number of carbonyl (C=O) groups excluding carboxylic acids is 1. The second-order valence-corrected chi connectivity index (χ2v) is 3.24. The van der Waals surface area contributed by atoms with Crippen molar-refractivity contribution in [3.8, 4) is 0 Å². The quantitative estimate of drug-likeness (QED) is 0.828. The van der Waals surface area contributed by atoms with Gasteiger partial charge in [-0.3, -0.25) is 10.3 Å². The Morgan fingerprint density at radius 2 is 2.00 bits per heavy atom. The van der Waals surface area contributed by atoms with E-state index >= 15 is 0 Å². The van der Waals surface area contributed by atoms with Gasteiger partial charge in [-0.2, -0.15) is 0 Å². The van der Waals surface area contributed by atoms with Gasteiger partial charge in [-0.1, -0.05) is 6.07 Å². The van der Waals surface area contributed by atoms with Gasteiger partial charge in [0.25, 0.3) is 0 Å². The van der Waals surface area contributed by atoms with Crippen molar-refractivity contribution in [1.82, 2.24) is 20.3 Å². The molecule has 0 saturated carbocycles.